The average Bonchev–Trinajstić information content (AvgIpc) is 2.77. The Bertz CT molecular complexity index is 963. The van der Waals surface area contributed by atoms with Crippen molar-refractivity contribution in [3.63, 3.8) is 0 Å². The third-order valence-electron chi connectivity index (χ3n) is 4.44. The van der Waals surface area contributed by atoms with Crippen molar-refractivity contribution in [2.24, 2.45) is 0 Å². The Balaban J connectivity index is 1.81. The summed E-state index contributed by atoms with van der Waals surface area (Å²) in [6.45, 7) is 3.04. The highest BCUT2D eigenvalue weighted by atomic mass is 16.5. The van der Waals surface area contributed by atoms with Crippen molar-refractivity contribution in [3.8, 4) is 11.5 Å². The predicted molar refractivity (Wildman–Crippen MR) is 112 cm³/mol. The van der Waals surface area contributed by atoms with Crippen LogP contribution in [0, 0.1) is 0 Å². The molecular formula is C22H24N4O3. The molecule has 1 N–H and O–H groups in total. The number of carbonyl (C=O) groups is 1. The van der Waals surface area contributed by atoms with E-state index in [-0.39, 0.29) is 5.91 Å². The van der Waals surface area contributed by atoms with E-state index < -0.39 is 0 Å². The van der Waals surface area contributed by atoms with Gasteiger partial charge in [-0.1, -0.05) is 30.3 Å². The molecule has 0 bridgehead atoms. The topological polar surface area (TPSA) is 76.6 Å². The van der Waals surface area contributed by atoms with E-state index in [2.05, 4.69) is 15.3 Å². The lowest BCUT2D eigenvalue weighted by Crippen LogP contribution is -2.31. The van der Waals surface area contributed by atoms with Crippen molar-refractivity contribution in [3.05, 3.63) is 72.2 Å². The smallest absolute Gasteiger partial charge is 0.272 e. The molecule has 7 heteroatoms. The molecule has 0 atom stereocenters. The number of aromatic nitrogens is 2. The van der Waals surface area contributed by atoms with Gasteiger partial charge in [0, 0.05) is 25.2 Å². The van der Waals surface area contributed by atoms with Gasteiger partial charge in [0.25, 0.3) is 5.91 Å². The van der Waals surface area contributed by atoms with Gasteiger partial charge in [-0.2, -0.15) is 0 Å². The van der Waals surface area contributed by atoms with E-state index in [1.54, 1.807) is 37.3 Å². The molecule has 150 valence electrons. The number of carbonyl (C=O) groups excluding carboxylic acids is 1. The van der Waals surface area contributed by atoms with Gasteiger partial charge in [-0.3, -0.25) is 4.79 Å². The van der Waals surface area contributed by atoms with Crippen LogP contribution in [0.25, 0.3) is 0 Å². The molecule has 1 heterocycles. The molecule has 0 aliphatic heterocycles. The van der Waals surface area contributed by atoms with Gasteiger partial charge in [0.2, 0.25) is 0 Å². The summed E-state index contributed by atoms with van der Waals surface area (Å²) in [5.41, 5.74) is 2.07. The lowest BCUT2D eigenvalue weighted by molar-refractivity contribution is 0.0746. The Morgan fingerprint density at radius 3 is 2.52 bits per heavy atom. The molecule has 3 rings (SSSR count). The lowest BCUT2D eigenvalue weighted by Gasteiger charge is -2.21. The van der Waals surface area contributed by atoms with Crippen LogP contribution in [0.2, 0.25) is 0 Å². The molecule has 0 saturated carbocycles. The zero-order valence-corrected chi connectivity index (χ0v) is 16.8. The zero-order chi connectivity index (χ0) is 20.6. The third-order valence-corrected chi connectivity index (χ3v) is 4.44. The number of nitrogens with zero attached hydrogens (tertiary/aromatic N) is 3. The van der Waals surface area contributed by atoms with Crippen molar-refractivity contribution in [1.29, 1.82) is 0 Å². The van der Waals surface area contributed by atoms with Gasteiger partial charge in [-0.15, -0.1) is 0 Å². The standard InChI is InChI=1S/C22H24N4O3/c1-4-26(14-16-8-6-5-7-9-16)22(27)19-13-21(24-15-23-19)25-18-12-17(28-2)10-11-20(18)29-3/h5-13,15H,4,14H2,1-3H3,(H,23,24,25). The molecule has 0 fully saturated rings. The third kappa shape index (κ3) is 5.01. The summed E-state index contributed by atoms with van der Waals surface area (Å²) in [7, 11) is 3.18. The molecule has 3 aromatic rings. The molecule has 7 nitrogen and oxygen atoms in total. The number of anilines is 2. The van der Waals surface area contributed by atoms with Crippen molar-refractivity contribution in [2.75, 3.05) is 26.1 Å². The fraction of sp³-hybridized carbons (Fsp3) is 0.227. The van der Waals surface area contributed by atoms with Gasteiger partial charge in [0.1, 0.15) is 29.3 Å². The SMILES string of the molecule is CCN(Cc1ccccc1)C(=O)c1cc(Nc2cc(OC)ccc2OC)ncn1. The minimum absolute atomic E-state index is 0.153. The van der Waals surface area contributed by atoms with Crippen LogP contribution >= 0.6 is 0 Å². The molecule has 0 aliphatic rings. The zero-order valence-electron chi connectivity index (χ0n) is 16.8. The fourth-order valence-corrected chi connectivity index (χ4v) is 2.89. The van der Waals surface area contributed by atoms with E-state index >= 15 is 0 Å². The van der Waals surface area contributed by atoms with Crippen LogP contribution in [0.4, 0.5) is 11.5 Å². The number of ether oxygens (including phenoxy) is 2. The first-order valence-electron chi connectivity index (χ1n) is 9.29. The van der Waals surface area contributed by atoms with Crippen LogP contribution in [-0.4, -0.2) is 41.5 Å². The highest BCUT2D eigenvalue weighted by Gasteiger charge is 2.17. The molecule has 0 aliphatic carbocycles. The van der Waals surface area contributed by atoms with Crippen LogP contribution in [0.5, 0.6) is 11.5 Å². The van der Waals surface area contributed by atoms with Gasteiger partial charge in [-0.05, 0) is 24.6 Å². The molecule has 0 radical (unpaired) electrons. The van der Waals surface area contributed by atoms with Gasteiger partial charge in [-0.25, -0.2) is 9.97 Å². The maximum atomic E-state index is 13.0. The minimum Gasteiger partial charge on any atom is -0.497 e. The average molecular weight is 392 g/mol. The van der Waals surface area contributed by atoms with E-state index in [0.717, 1.165) is 5.56 Å². The van der Waals surface area contributed by atoms with Crippen molar-refractivity contribution in [1.82, 2.24) is 14.9 Å². The minimum atomic E-state index is -0.153. The van der Waals surface area contributed by atoms with Crippen molar-refractivity contribution < 1.29 is 14.3 Å². The number of hydrogen-bond acceptors (Lipinski definition) is 6. The molecule has 0 spiro atoms. The van der Waals surface area contributed by atoms with E-state index in [1.165, 1.54) is 6.33 Å². The van der Waals surface area contributed by atoms with Gasteiger partial charge < -0.3 is 19.7 Å². The van der Waals surface area contributed by atoms with Crippen LogP contribution in [-0.2, 0) is 6.54 Å². The second kappa shape index (κ2) is 9.54. The first-order chi connectivity index (χ1) is 14.1. The van der Waals surface area contributed by atoms with Crippen LogP contribution < -0.4 is 14.8 Å². The summed E-state index contributed by atoms with van der Waals surface area (Å²) in [5.74, 6) is 1.65. The number of amides is 1. The quantitative estimate of drug-likeness (QED) is 0.627. The monoisotopic (exact) mass is 392 g/mol. The van der Waals surface area contributed by atoms with E-state index in [9.17, 15) is 4.79 Å². The summed E-state index contributed by atoms with van der Waals surface area (Å²) < 4.78 is 10.6. The summed E-state index contributed by atoms with van der Waals surface area (Å²) >= 11 is 0. The summed E-state index contributed by atoms with van der Waals surface area (Å²) in [6, 6.07) is 16.9. The molecule has 2 aromatic carbocycles. The van der Waals surface area contributed by atoms with E-state index in [1.807, 2.05) is 43.3 Å². The maximum absolute atomic E-state index is 13.0. The largest absolute Gasteiger partial charge is 0.497 e. The van der Waals surface area contributed by atoms with Gasteiger partial charge in [0.15, 0.2) is 0 Å². The normalized spacial score (nSPS) is 10.3. The molecule has 29 heavy (non-hydrogen) atoms. The fourth-order valence-electron chi connectivity index (χ4n) is 2.89. The molecule has 0 saturated heterocycles. The Kier molecular flexibility index (Phi) is 6.63. The number of benzene rings is 2. The van der Waals surface area contributed by atoms with Crippen molar-refractivity contribution >= 4 is 17.4 Å². The highest BCUT2D eigenvalue weighted by molar-refractivity contribution is 5.93. The predicted octanol–water partition coefficient (Wildman–Crippen LogP) is 3.90. The summed E-state index contributed by atoms with van der Waals surface area (Å²) in [6.07, 6.45) is 1.37. The number of rotatable bonds is 8. The van der Waals surface area contributed by atoms with E-state index in [4.69, 9.17) is 9.47 Å². The number of hydrogen-bond donors (Lipinski definition) is 1. The second-order valence-corrected chi connectivity index (χ2v) is 6.28. The summed E-state index contributed by atoms with van der Waals surface area (Å²) in [4.78, 5) is 23.1. The van der Waals surface area contributed by atoms with Gasteiger partial charge >= 0.3 is 0 Å². The molecule has 1 amide bonds. The highest BCUT2D eigenvalue weighted by Crippen LogP contribution is 2.31. The second-order valence-electron chi connectivity index (χ2n) is 6.28. The van der Waals surface area contributed by atoms with Crippen LogP contribution in [0.1, 0.15) is 23.0 Å². The van der Waals surface area contributed by atoms with Crippen molar-refractivity contribution in [2.45, 2.75) is 13.5 Å². The number of nitrogens with one attached hydrogen (secondary N) is 1. The van der Waals surface area contributed by atoms with E-state index in [0.29, 0.717) is 41.8 Å². The van der Waals surface area contributed by atoms with Gasteiger partial charge in [0.05, 0.1) is 19.9 Å². The first kappa shape index (κ1) is 20.1. The van der Waals surface area contributed by atoms with Crippen LogP contribution in [0.15, 0.2) is 60.9 Å². The molecule has 0 unspecified atom stereocenters. The Labute approximate surface area is 170 Å². The lowest BCUT2D eigenvalue weighted by atomic mass is 10.2. The summed E-state index contributed by atoms with van der Waals surface area (Å²) in [5, 5.41) is 3.17. The molecule has 1 aromatic heterocycles. The van der Waals surface area contributed by atoms with Crippen LogP contribution in [0.3, 0.4) is 0 Å². The Morgan fingerprint density at radius 1 is 1.03 bits per heavy atom. The maximum Gasteiger partial charge on any atom is 0.272 e. The first-order valence-corrected chi connectivity index (χ1v) is 9.29. The Hall–Kier alpha value is -3.61. The number of methoxy groups -OCH3 is 2. The molecular weight excluding hydrogens is 368 g/mol. The Morgan fingerprint density at radius 2 is 1.83 bits per heavy atom.